The van der Waals surface area contributed by atoms with Crippen LogP contribution in [0.15, 0.2) is 30.5 Å². The van der Waals surface area contributed by atoms with E-state index < -0.39 is 5.97 Å². The van der Waals surface area contributed by atoms with Crippen LogP contribution in [0.1, 0.15) is 16.1 Å². The van der Waals surface area contributed by atoms with Crippen LogP contribution in [-0.2, 0) is 7.05 Å². The summed E-state index contributed by atoms with van der Waals surface area (Å²) in [6.45, 7) is 1.95. The van der Waals surface area contributed by atoms with Gasteiger partial charge in [-0.3, -0.25) is 4.68 Å². The molecule has 0 aliphatic heterocycles. The summed E-state index contributed by atoms with van der Waals surface area (Å²) < 4.78 is 1.77. The fourth-order valence-electron chi connectivity index (χ4n) is 1.60. The van der Waals surface area contributed by atoms with Gasteiger partial charge in [-0.05, 0) is 24.6 Å². The van der Waals surface area contributed by atoms with E-state index in [-0.39, 0.29) is 0 Å². The number of carboxylic acid groups (broad SMARTS) is 1. The normalized spacial score (nSPS) is 10.4. The van der Waals surface area contributed by atoms with Gasteiger partial charge >= 0.3 is 5.97 Å². The van der Waals surface area contributed by atoms with Gasteiger partial charge in [0, 0.05) is 18.3 Å². The Bertz CT molecular complexity index is 544. The SMILES string of the molecule is Cc1c(-c2cccc(C(=O)O)c2)cnn1C. The summed E-state index contributed by atoms with van der Waals surface area (Å²) in [5, 5.41) is 13.0. The Morgan fingerprint density at radius 2 is 2.19 bits per heavy atom. The third-order valence-corrected chi connectivity index (χ3v) is 2.66. The predicted molar refractivity (Wildman–Crippen MR) is 60.3 cm³/mol. The van der Waals surface area contributed by atoms with E-state index >= 15 is 0 Å². The van der Waals surface area contributed by atoms with Gasteiger partial charge in [0.15, 0.2) is 0 Å². The minimum atomic E-state index is -0.914. The van der Waals surface area contributed by atoms with Gasteiger partial charge < -0.3 is 5.11 Å². The van der Waals surface area contributed by atoms with Crippen molar-refractivity contribution >= 4 is 5.97 Å². The molecule has 1 aromatic heterocycles. The van der Waals surface area contributed by atoms with Gasteiger partial charge in [-0.1, -0.05) is 12.1 Å². The zero-order chi connectivity index (χ0) is 11.7. The Labute approximate surface area is 93.1 Å². The van der Waals surface area contributed by atoms with Crippen LogP contribution in [0.3, 0.4) is 0 Å². The van der Waals surface area contributed by atoms with Gasteiger partial charge in [0.05, 0.1) is 11.8 Å². The average Bonchev–Trinajstić information content (AvgIpc) is 2.60. The van der Waals surface area contributed by atoms with Crippen LogP contribution in [0.5, 0.6) is 0 Å². The van der Waals surface area contributed by atoms with Crippen molar-refractivity contribution in [2.45, 2.75) is 6.92 Å². The molecule has 0 aliphatic rings. The van der Waals surface area contributed by atoms with Gasteiger partial charge in [-0.25, -0.2) is 4.79 Å². The first kappa shape index (κ1) is 10.4. The number of aromatic nitrogens is 2. The molecule has 0 saturated carbocycles. The first-order valence-corrected chi connectivity index (χ1v) is 4.92. The summed E-state index contributed by atoms with van der Waals surface area (Å²) >= 11 is 0. The molecule has 1 heterocycles. The largest absolute Gasteiger partial charge is 0.478 e. The molecule has 16 heavy (non-hydrogen) atoms. The number of rotatable bonds is 2. The second-order valence-corrected chi connectivity index (χ2v) is 3.65. The highest BCUT2D eigenvalue weighted by Crippen LogP contribution is 2.23. The van der Waals surface area contributed by atoms with Crippen molar-refractivity contribution < 1.29 is 9.90 Å². The van der Waals surface area contributed by atoms with Crippen LogP contribution >= 0.6 is 0 Å². The maximum Gasteiger partial charge on any atom is 0.335 e. The third kappa shape index (κ3) is 1.69. The van der Waals surface area contributed by atoms with E-state index in [1.807, 2.05) is 20.0 Å². The Hall–Kier alpha value is -2.10. The molecule has 2 aromatic rings. The highest BCUT2D eigenvalue weighted by atomic mass is 16.4. The molecule has 1 N–H and O–H groups in total. The predicted octanol–water partition coefficient (Wildman–Crippen LogP) is 2.09. The molecule has 0 saturated heterocycles. The molecule has 4 nitrogen and oxygen atoms in total. The summed E-state index contributed by atoms with van der Waals surface area (Å²) in [6, 6.07) is 6.87. The third-order valence-electron chi connectivity index (χ3n) is 2.66. The summed E-state index contributed by atoms with van der Waals surface area (Å²) in [4.78, 5) is 10.9. The van der Waals surface area contributed by atoms with Crippen LogP contribution < -0.4 is 0 Å². The molecule has 0 aliphatic carbocycles. The number of nitrogens with zero attached hydrogens (tertiary/aromatic N) is 2. The quantitative estimate of drug-likeness (QED) is 0.836. The van der Waals surface area contributed by atoms with Crippen LogP contribution in [0, 0.1) is 6.92 Å². The van der Waals surface area contributed by atoms with Crippen molar-refractivity contribution in [3.63, 3.8) is 0 Å². The molecule has 0 fully saturated rings. The van der Waals surface area contributed by atoms with E-state index in [1.165, 1.54) is 0 Å². The minimum Gasteiger partial charge on any atom is -0.478 e. The summed E-state index contributed by atoms with van der Waals surface area (Å²) in [6.07, 6.45) is 1.75. The second-order valence-electron chi connectivity index (χ2n) is 3.65. The highest BCUT2D eigenvalue weighted by Gasteiger charge is 2.09. The van der Waals surface area contributed by atoms with Crippen molar-refractivity contribution in [2.24, 2.45) is 7.05 Å². The lowest BCUT2D eigenvalue weighted by atomic mass is 10.0. The van der Waals surface area contributed by atoms with Crippen molar-refractivity contribution in [2.75, 3.05) is 0 Å². The molecular formula is C12H12N2O2. The van der Waals surface area contributed by atoms with Gasteiger partial charge in [0.1, 0.15) is 0 Å². The number of aryl methyl sites for hydroxylation is 1. The number of hydrogen-bond acceptors (Lipinski definition) is 2. The monoisotopic (exact) mass is 216 g/mol. The van der Waals surface area contributed by atoms with Crippen molar-refractivity contribution in [1.29, 1.82) is 0 Å². The molecule has 82 valence electrons. The molecule has 0 radical (unpaired) electrons. The van der Waals surface area contributed by atoms with Crippen LogP contribution in [0.4, 0.5) is 0 Å². The lowest BCUT2D eigenvalue weighted by Gasteiger charge is -2.02. The van der Waals surface area contributed by atoms with E-state index in [0.29, 0.717) is 5.56 Å². The number of benzene rings is 1. The Balaban J connectivity index is 2.52. The van der Waals surface area contributed by atoms with E-state index in [4.69, 9.17) is 5.11 Å². The molecule has 0 bridgehead atoms. The van der Waals surface area contributed by atoms with Gasteiger partial charge in [-0.2, -0.15) is 5.10 Å². The lowest BCUT2D eigenvalue weighted by molar-refractivity contribution is 0.0697. The van der Waals surface area contributed by atoms with Crippen molar-refractivity contribution in [1.82, 2.24) is 9.78 Å². The van der Waals surface area contributed by atoms with E-state index in [0.717, 1.165) is 16.8 Å². The van der Waals surface area contributed by atoms with Crippen LogP contribution in [-0.4, -0.2) is 20.9 Å². The molecular weight excluding hydrogens is 204 g/mol. The fraction of sp³-hybridized carbons (Fsp3) is 0.167. The Morgan fingerprint density at radius 3 is 2.75 bits per heavy atom. The molecule has 1 aromatic carbocycles. The second kappa shape index (κ2) is 3.81. The van der Waals surface area contributed by atoms with Gasteiger partial charge in [-0.15, -0.1) is 0 Å². The highest BCUT2D eigenvalue weighted by molar-refractivity contribution is 5.89. The van der Waals surface area contributed by atoms with Crippen molar-refractivity contribution in [3.05, 3.63) is 41.7 Å². The number of carbonyl (C=O) groups is 1. The number of carboxylic acids is 1. The maximum atomic E-state index is 10.9. The first-order valence-electron chi connectivity index (χ1n) is 4.92. The zero-order valence-corrected chi connectivity index (χ0v) is 9.14. The molecule has 0 atom stereocenters. The summed E-state index contributed by atoms with van der Waals surface area (Å²) in [7, 11) is 1.86. The standard InChI is InChI=1S/C12H12N2O2/c1-8-11(7-13-14(8)2)9-4-3-5-10(6-9)12(15)16/h3-7H,1-2H3,(H,15,16). The maximum absolute atomic E-state index is 10.9. The smallest absolute Gasteiger partial charge is 0.335 e. The van der Waals surface area contributed by atoms with E-state index in [9.17, 15) is 4.79 Å². The van der Waals surface area contributed by atoms with E-state index in [2.05, 4.69) is 5.10 Å². The van der Waals surface area contributed by atoms with Crippen molar-refractivity contribution in [3.8, 4) is 11.1 Å². The Kier molecular flexibility index (Phi) is 2.48. The van der Waals surface area contributed by atoms with Crippen LogP contribution in [0.2, 0.25) is 0 Å². The molecule has 0 unspecified atom stereocenters. The lowest BCUT2D eigenvalue weighted by Crippen LogP contribution is -1.96. The zero-order valence-electron chi connectivity index (χ0n) is 9.14. The number of hydrogen-bond donors (Lipinski definition) is 1. The fourth-order valence-corrected chi connectivity index (χ4v) is 1.60. The first-order chi connectivity index (χ1) is 7.59. The molecule has 2 rings (SSSR count). The number of aromatic carboxylic acids is 1. The average molecular weight is 216 g/mol. The molecule has 4 heteroatoms. The summed E-state index contributed by atoms with van der Waals surface area (Å²) in [5.41, 5.74) is 3.15. The molecule has 0 amide bonds. The van der Waals surface area contributed by atoms with E-state index in [1.54, 1.807) is 29.1 Å². The minimum absolute atomic E-state index is 0.292. The van der Waals surface area contributed by atoms with Crippen LogP contribution in [0.25, 0.3) is 11.1 Å². The topological polar surface area (TPSA) is 55.1 Å². The summed E-state index contributed by atoms with van der Waals surface area (Å²) in [5.74, 6) is -0.914. The molecule has 0 spiro atoms. The Morgan fingerprint density at radius 1 is 1.44 bits per heavy atom. The van der Waals surface area contributed by atoms with Gasteiger partial charge in [0.2, 0.25) is 0 Å². The van der Waals surface area contributed by atoms with Gasteiger partial charge in [0.25, 0.3) is 0 Å².